The van der Waals surface area contributed by atoms with Crippen LogP contribution in [0.1, 0.15) is 38.7 Å². The van der Waals surface area contributed by atoms with Crippen molar-refractivity contribution in [1.29, 1.82) is 0 Å². The maximum absolute atomic E-state index is 14.1. The molecule has 14 heteroatoms. The van der Waals surface area contributed by atoms with Gasteiger partial charge in [0, 0.05) is 39.4 Å². The van der Waals surface area contributed by atoms with Crippen LogP contribution in [-0.2, 0) is 30.7 Å². The van der Waals surface area contributed by atoms with Crippen molar-refractivity contribution in [3.05, 3.63) is 60.2 Å². The number of nitrogens with two attached hydrogens (primary N) is 1. The fourth-order valence-electron chi connectivity index (χ4n) is 5.91. The third-order valence-electron chi connectivity index (χ3n) is 8.51. The second-order valence-electron chi connectivity index (χ2n) is 13.2. The van der Waals surface area contributed by atoms with Crippen LogP contribution < -0.4 is 16.4 Å². The van der Waals surface area contributed by atoms with Gasteiger partial charge >= 0.3 is 12.1 Å². The fraction of sp³-hybridized carbons (Fsp3) is 0.576. The summed E-state index contributed by atoms with van der Waals surface area (Å²) in [5, 5.41) is 17.3. The van der Waals surface area contributed by atoms with Gasteiger partial charge in [0.2, 0.25) is 10.0 Å². The van der Waals surface area contributed by atoms with Gasteiger partial charge in [-0.2, -0.15) is 4.31 Å². The molecule has 5 atom stereocenters. The highest BCUT2D eigenvalue weighted by Gasteiger charge is 2.44. The smallest absolute Gasteiger partial charge is 0.407 e. The second-order valence-corrected chi connectivity index (χ2v) is 15.2. The molecule has 4 rings (SSSR count). The van der Waals surface area contributed by atoms with Gasteiger partial charge in [-0.1, -0.05) is 50.2 Å². The summed E-state index contributed by atoms with van der Waals surface area (Å²) in [4.78, 5) is 26.6. The number of aliphatic hydroxyl groups excluding tert-OH is 1. The second kappa shape index (κ2) is 16.1. The summed E-state index contributed by atoms with van der Waals surface area (Å²) in [5.74, 6) is -0.0596. The lowest BCUT2D eigenvalue weighted by Gasteiger charge is -2.35. The van der Waals surface area contributed by atoms with Crippen molar-refractivity contribution >= 4 is 27.8 Å². The highest BCUT2D eigenvalue weighted by molar-refractivity contribution is 7.89. The summed E-state index contributed by atoms with van der Waals surface area (Å²) in [5.41, 5.74) is 6.54. The van der Waals surface area contributed by atoms with Crippen molar-refractivity contribution in [2.45, 2.75) is 69.0 Å². The van der Waals surface area contributed by atoms with Gasteiger partial charge in [-0.15, -0.1) is 0 Å². The lowest BCUT2D eigenvalue weighted by Crippen LogP contribution is -2.52. The van der Waals surface area contributed by atoms with E-state index in [4.69, 9.17) is 19.9 Å². The molecule has 2 aliphatic rings. The van der Waals surface area contributed by atoms with Gasteiger partial charge in [0.05, 0.1) is 36.2 Å². The lowest BCUT2D eigenvalue weighted by molar-refractivity contribution is -0.0907. The molecule has 0 spiro atoms. The molecule has 2 saturated heterocycles. The minimum atomic E-state index is -4.13. The monoisotopic (exact) mass is 675 g/mol. The zero-order chi connectivity index (χ0) is 34.2. The molecule has 0 unspecified atom stereocenters. The Morgan fingerprint density at radius 2 is 1.87 bits per heavy atom. The number of ether oxygens (including phenoxy) is 3. The van der Waals surface area contributed by atoms with E-state index in [1.165, 1.54) is 21.3 Å². The van der Waals surface area contributed by atoms with Gasteiger partial charge in [0.15, 0.2) is 6.29 Å². The number of urea groups is 1. The molecular weight excluding hydrogens is 626 g/mol. The van der Waals surface area contributed by atoms with E-state index in [0.29, 0.717) is 38.1 Å². The summed E-state index contributed by atoms with van der Waals surface area (Å²) in [6.07, 6.45) is -0.761. The Balaban J connectivity index is 1.53. The van der Waals surface area contributed by atoms with Crippen LogP contribution in [0.3, 0.4) is 0 Å². The zero-order valence-electron chi connectivity index (χ0n) is 27.6. The largest absolute Gasteiger partial charge is 0.443 e. The van der Waals surface area contributed by atoms with E-state index in [1.807, 2.05) is 44.2 Å². The predicted octanol–water partition coefficient (Wildman–Crippen LogP) is 2.80. The van der Waals surface area contributed by atoms with Crippen molar-refractivity contribution in [3.63, 3.8) is 0 Å². The van der Waals surface area contributed by atoms with Crippen molar-refractivity contribution in [1.82, 2.24) is 19.8 Å². The Morgan fingerprint density at radius 3 is 2.57 bits per heavy atom. The standard InChI is InChI=1S/C33H49N5O8S/c1-33(2,15-9-16-35-31(40)37(3)4)22-38(47(42,43)25-13-8-12-24(34)19-25)20-28(39)27(18-23-10-6-5-7-11-23)36-32(41)46-29-21-45-30-26(29)14-17-44-30/h5-8,10-13,19,26-30,39H,9,14-18,20-22,34H2,1-4H3,(H,35,40)(H,36,41)/t26-,27-,28+,29-,30+/m0/s1. The summed E-state index contributed by atoms with van der Waals surface area (Å²) in [6.45, 7) is 4.81. The molecule has 0 radical (unpaired) electrons. The Hall–Kier alpha value is -3.43. The highest BCUT2D eigenvalue weighted by atomic mass is 32.2. The third-order valence-corrected chi connectivity index (χ3v) is 10.3. The third kappa shape index (κ3) is 10.3. The van der Waals surface area contributed by atoms with E-state index in [0.717, 1.165) is 5.56 Å². The molecule has 2 fully saturated rings. The number of carbonyl (C=O) groups excluding carboxylic acids is 2. The van der Waals surface area contributed by atoms with Crippen LogP contribution in [-0.4, -0.2) is 106 Å². The number of amides is 3. The number of aliphatic hydroxyl groups is 1. The van der Waals surface area contributed by atoms with Crippen molar-refractivity contribution in [3.8, 4) is 0 Å². The number of rotatable bonds is 15. The first-order valence-corrected chi connectivity index (χ1v) is 17.4. The number of fused-ring (bicyclic) bond motifs is 1. The van der Waals surface area contributed by atoms with Crippen LogP contribution in [0.2, 0.25) is 0 Å². The molecule has 2 heterocycles. The van der Waals surface area contributed by atoms with Gasteiger partial charge in [-0.05, 0) is 54.9 Å². The van der Waals surface area contributed by atoms with E-state index in [-0.39, 0.29) is 43.0 Å². The van der Waals surface area contributed by atoms with E-state index in [2.05, 4.69) is 10.6 Å². The van der Waals surface area contributed by atoms with Gasteiger partial charge < -0.3 is 40.6 Å². The molecule has 2 aliphatic heterocycles. The summed E-state index contributed by atoms with van der Waals surface area (Å²) in [7, 11) is -0.810. The topological polar surface area (TPSA) is 173 Å². The Labute approximate surface area is 277 Å². The number of nitrogens with zero attached hydrogens (tertiary/aromatic N) is 2. The molecule has 0 aromatic heterocycles. The summed E-state index contributed by atoms with van der Waals surface area (Å²) >= 11 is 0. The van der Waals surface area contributed by atoms with E-state index < -0.39 is 46.1 Å². The van der Waals surface area contributed by atoms with Crippen LogP contribution in [0.5, 0.6) is 0 Å². The fourth-order valence-corrected chi connectivity index (χ4v) is 7.61. The van der Waals surface area contributed by atoms with Gasteiger partial charge in [0.25, 0.3) is 0 Å². The normalized spacial score (nSPS) is 20.8. The SMILES string of the molecule is CN(C)C(=O)NCCCC(C)(C)CN(C[C@@H](O)[C@H](Cc1ccccc1)NC(=O)O[C@H]1CO[C@H]2OCC[C@H]21)S(=O)(=O)c1cccc(N)c1. The molecule has 260 valence electrons. The maximum atomic E-state index is 14.1. The van der Waals surface area contributed by atoms with Gasteiger partial charge in [-0.3, -0.25) is 0 Å². The molecule has 2 aromatic carbocycles. The molecule has 3 amide bonds. The molecule has 0 aliphatic carbocycles. The Kier molecular flexibility index (Phi) is 12.5. The molecule has 5 N–H and O–H groups in total. The number of nitrogen functional groups attached to an aromatic ring is 1. The first-order chi connectivity index (χ1) is 22.2. The minimum Gasteiger partial charge on any atom is -0.443 e. The molecule has 0 bridgehead atoms. The van der Waals surface area contributed by atoms with Crippen molar-refractivity contribution in [2.75, 3.05) is 52.7 Å². The highest BCUT2D eigenvalue weighted by Crippen LogP contribution is 2.33. The molecular formula is C33H49N5O8S. The maximum Gasteiger partial charge on any atom is 0.407 e. The average Bonchev–Trinajstić information content (AvgIpc) is 3.64. The van der Waals surface area contributed by atoms with Crippen LogP contribution >= 0.6 is 0 Å². The lowest BCUT2D eigenvalue weighted by atomic mass is 9.87. The average molecular weight is 676 g/mol. The van der Waals surface area contributed by atoms with Crippen LogP contribution in [0.25, 0.3) is 0 Å². The van der Waals surface area contributed by atoms with E-state index in [9.17, 15) is 23.1 Å². The number of anilines is 1. The number of benzene rings is 2. The summed E-state index contributed by atoms with van der Waals surface area (Å²) < 4.78 is 46.3. The van der Waals surface area contributed by atoms with Gasteiger partial charge in [-0.25, -0.2) is 18.0 Å². The van der Waals surface area contributed by atoms with E-state index in [1.54, 1.807) is 26.2 Å². The molecule has 13 nitrogen and oxygen atoms in total. The van der Waals surface area contributed by atoms with Crippen molar-refractivity contribution in [2.24, 2.45) is 11.3 Å². The van der Waals surface area contributed by atoms with Crippen LogP contribution in [0.4, 0.5) is 15.3 Å². The number of nitrogens with one attached hydrogen (secondary N) is 2. The Morgan fingerprint density at radius 1 is 1.13 bits per heavy atom. The van der Waals surface area contributed by atoms with E-state index >= 15 is 0 Å². The molecule has 47 heavy (non-hydrogen) atoms. The first-order valence-electron chi connectivity index (χ1n) is 16.0. The number of hydrogen-bond acceptors (Lipinski definition) is 9. The number of alkyl carbamates (subject to hydrolysis) is 1. The van der Waals surface area contributed by atoms with Crippen molar-refractivity contribution < 1.29 is 37.3 Å². The zero-order valence-corrected chi connectivity index (χ0v) is 28.4. The molecule has 2 aromatic rings. The summed E-state index contributed by atoms with van der Waals surface area (Å²) in [6, 6.07) is 14.3. The Bertz CT molecular complexity index is 1440. The number of sulfonamides is 1. The minimum absolute atomic E-state index is 0.000273. The van der Waals surface area contributed by atoms with Crippen LogP contribution in [0.15, 0.2) is 59.5 Å². The molecule has 0 saturated carbocycles. The first kappa shape index (κ1) is 36.4. The van der Waals surface area contributed by atoms with Crippen LogP contribution in [0, 0.1) is 11.3 Å². The quantitative estimate of drug-likeness (QED) is 0.164. The predicted molar refractivity (Wildman–Crippen MR) is 177 cm³/mol. The number of carbonyl (C=O) groups is 2. The van der Waals surface area contributed by atoms with Gasteiger partial charge in [0.1, 0.15) is 6.10 Å². The number of hydrogen-bond donors (Lipinski definition) is 4.